The number of para-hydroxylation sites is 2. The summed E-state index contributed by atoms with van der Waals surface area (Å²) in [4.78, 5) is 0. The van der Waals surface area contributed by atoms with Gasteiger partial charge in [0.15, 0.2) is 0 Å². The SMILES string of the molecule is c1ccc(-c2c3ccccc3c(-c3cccc4oc5cccc(-c6c7ccccc7c(-c7cccc8c7oc7ccccc78)c7ccccc67)c5c34)c3ccccc23)cc1. The normalized spacial score (nSPS) is 12.0. The first-order valence-corrected chi connectivity index (χ1v) is 20.6. The molecule has 0 aliphatic carbocycles. The highest BCUT2D eigenvalue weighted by Gasteiger charge is 2.25. The topological polar surface area (TPSA) is 26.3 Å². The van der Waals surface area contributed by atoms with Gasteiger partial charge in [-0.3, -0.25) is 0 Å². The molecule has 0 radical (unpaired) electrons. The van der Waals surface area contributed by atoms with E-state index in [1.807, 2.05) is 6.07 Å². The maximum atomic E-state index is 6.88. The van der Waals surface area contributed by atoms with Crippen LogP contribution in [0.5, 0.6) is 0 Å². The van der Waals surface area contributed by atoms with Gasteiger partial charge in [-0.2, -0.15) is 0 Å². The molecule has 0 fully saturated rings. The van der Waals surface area contributed by atoms with Gasteiger partial charge < -0.3 is 8.83 Å². The standard InChI is InChI=1S/C58H34O2/c1-2-17-35(18-3-1)52-37-20-4-6-22-39(37)53(40-23-7-5-21-38(40)52)46-29-15-33-50-56(46)57-47(30-16-34-51(57)59-50)54-41-24-8-10-26-43(41)55(44-27-11-9-25-42(44)54)48-31-14-28-45-36-19-12-13-32-49(36)60-58(45)48/h1-34H. The van der Waals surface area contributed by atoms with Crippen LogP contribution in [-0.2, 0) is 0 Å². The van der Waals surface area contributed by atoms with Crippen molar-refractivity contribution >= 4 is 87.0 Å². The smallest absolute Gasteiger partial charge is 0.143 e. The summed E-state index contributed by atoms with van der Waals surface area (Å²) in [6.45, 7) is 0. The number of benzene rings is 11. The second-order valence-corrected chi connectivity index (χ2v) is 15.8. The molecule has 0 spiro atoms. The first-order valence-electron chi connectivity index (χ1n) is 20.6. The van der Waals surface area contributed by atoms with E-state index in [1.54, 1.807) is 0 Å². The van der Waals surface area contributed by atoms with Gasteiger partial charge in [0.25, 0.3) is 0 Å². The van der Waals surface area contributed by atoms with Crippen LogP contribution >= 0.6 is 0 Å². The van der Waals surface area contributed by atoms with Crippen LogP contribution in [0.25, 0.3) is 131 Å². The highest BCUT2D eigenvalue weighted by atomic mass is 16.3. The molecule has 278 valence electrons. The molecule has 0 saturated carbocycles. The molecule has 0 unspecified atom stereocenters. The molecular weight excluding hydrogens is 729 g/mol. The van der Waals surface area contributed by atoms with Gasteiger partial charge in [0, 0.05) is 32.7 Å². The minimum atomic E-state index is 0.869. The molecule has 0 aliphatic rings. The van der Waals surface area contributed by atoms with Crippen molar-refractivity contribution in [1.29, 1.82) is 0 Å². The summed E-state index contributed by atoms with van der Waals surface area (Å²) >= 11 is 0. The Morgan fingerprint density at radius 1 is 0.217 bits per heavy atom. The van der Waals surface area contributed by atoms with Crippen molar-refractivity contribution in [3.8, 4) is 44.5 Å². The lowest BCUT2D eigenvalue weighted by Gasteiger charge is -2.19. The minimum absolute atomic E-state index is 0.869. The second kappa shape index (κ2) is 12.8. The summed E-state index contributed by atoms with van der Waals surface area (Å²) in [6, 6.07) is 74.3. The van der Waals surface area contributed by atoms with Crippen LogP contribution in [0.2, 0.25) is 0 Å². The van der Waals surface area contributed by atoms with E-state index in [4.69, 9.17) is 8.83 Å². The monoisotopic (exact) mass is 762 g/mol. The van der Waals surface area contributed by atoms with E-state index in [0.29, 0.717) is 0 Å². The molecular formula is C58H34O2. The molecule has 0 amide bonds. The van der Waals surface area contributed by atoms with E-state index in [9.17, 15) is 0 Å². The lowest BCUT2D eigenvalue weighted by molar-refractivity contribution is 0.669. The number of rotatable bonds is 4. The highest BCUT2D eigenvalue weighted by Crippen LogP contribution is 2.51. The van der Waals surface area contributed by atoms with Crippen LogP contribution in [0.1, 0.15) is 0 Å². The van der Waals surface area contributed by atoms with Crippen molar-refractivity contribution in [3.05, 3.63) is 206 Å². The third-order valence-electron chi connectivity index (χ3n) is 12.7. The maximum absolute atomic E-state index is 6.88. The highest BCUT2D eigenvalue weighted by molar-refractivity contribution is 6.30. The summed E-state index contributed by atoms with van der Waals surface area (Å²) in [6.07, 6.45) is 0. The largest absolute Gasteiger partial charge is 0.456 e. The van der Waals surface area contributed by atoms with E-state index in [1.165, 1.54) is 70.9 Å². The second-order valence-electron chi connectivity index (χ2n) is 15.8. The molecule has 0 N–H and O–H groups in total. The van der Waals surface area contributed by atoms with Gasteiger partial charge in [-0.15, -0.1) is 0 Å². The van der Waals surface area contributed by atoms with Crippen LogP contribution in [0.15, 0.2) is 215 Å². The zero-order valence-electron chi connectivity index (χ0n) is 32.4. The Morgan fingerprint density at radius 3 is 1.07 bits per heavy atom. The van der Waals surface area contributed by atoms with E-state index in [0.717, 1.165) is 60.6 Å². The molecule has 60 heavy (non-hydrogen) atoms. The molecule has 0 atom stereocenters. The van der Waals surface area contributed by atoms with Crippen LogP contribution in [0, 0.1) is 0 Å². The molecule has 13 aromatic rings. The predicted molar refractivity (Wildman–Crippen MR) is 253 cm³/mol. The lowest BCUT2D eigenvalue weighted by atomic mass is 9.83. The van der Waals surface area contributed by atoms with Gasteiger partial charge in [-0.25, -0.2) is 0 Å². The maximum Gasteiger partial charge on any atom is 0.143 e. The summed E-state index contributed by atoms with van der Waals surface area (Å²) in [7, 11) is 0. The Hall–Kier alpha value is -7.94. The first-order chi connectivity index (χ1) is 29.8. The molecule has 2 aromatic heterocycles. The fourth-order valence-corrected chi connectivity index (χ4v) is 10.3. The summed E-state index contributed by atoms with van der Waals surface area (Å²) in [5.74, 6) is 0. The third kappa shape index (κ3) is 4.64. The number of hydrogen-bond acceptors (Lipinski definition) is 2. The summed E-state index contributed by atoms with van der Waals surface area (Å²) in [5, 5.41) is 14.1. The fraction of sp³-hybridized carbons (Fsp3) is 0. The van der Waals surface area contributed by atoms with Gasteiger partial charge in [0.2, 0.25) is 0 Å². The first kappa shape index (κ1) is 33.1. The fourth-order valence-electron chi connectivity index (χ4n) is 10.3. The Labute approximate surface area is 345 Å². The van der Waals surface area contributed by atoms with E-state index in [-0.39, 0.29) is 0 Å². The zero-order valence-corrected chi connectivity index (χ0v) is 32.4. The summed E-state index contributed by atoms with van der Waals surface area (Å²) in [5.41, 5.74) is 13.0. The number of furan rings is 2. The lowest BCUT2D eigenvalue weighted by Crippen LogP contribution is -1.92. The van der Waals surface area contributed by atoms with Crippen molar-refractivity contribution in [2.24, 2.45) is 0 Å². The van der Waals surface area contributed by atoms with Crippen LogP contribution in [0.4, 0.5) is 0 Å². The molecule has 2 heteroatoms. The van der Waals surface area contributed by atoms with Gasteiger partial charge in [-0.1, -0.05) is 188 Å². The molecule has 2 heterocycles. The zero-order chi connectivity index (χ0) is 39.3. The van der Waals surface area contributed by atoms with Gasteiger partial charge in [0.1, 0.15) is 22.3 Å². The van der Waals surface area contributed by atoms with Crippen LogP contribution in [0.3, 0.4) is 0 Å². The molecule has 11 aromatic carbocycles. The predicted octanol–water partition coefficient (Wildman–Crippen LogP) is 16.8. The average Bonchev–Trinajstić information content (AvgIpc) is 3.90. The quantitative estimate of drug-likeness (QED) is 0.167. The average molecular weight is 763 g/mol. The van der Waals surface area contributed by atoms with Crippen molar-refractivity contribution in [3.63, 3.8) is 0 Å². The Morgan fingerprint density at radius 2 is 0.567 bits per heavy atom. The minimum Gasteiger partial charge on any atom is -0.456 e. The molecule has 0 aliphatic heterocycles. The Balaban J connectivity index is 1.15. The van der Waals surface area contributed by atoms with E-state index < -0.39 is 0 Å². The van der Waals surface area contributed by atoms with Crippen molar-refractivity contribution in [2.45, 2.75) is 0 Å². The summed E-state index contributed by atoms with van der Waals surface area (Å²) < 4.78 is 13.6. The Kier molecular flexibility index (Phi) is 7.05. The van der Waals surface area contributed by atoms with E-state index >= 15 is 0 Å². The molecule has 2 nitrogen and oxygen atoms in total. The van der Waals surface area contributed by atoms with Gasteiger partial charge in [-0.05, 0) is 94.7 Å². The molecule has 13 rings (SSSR count). The van der Waals surface area contributed by atoms with Crippen molar-refractivity contribution in [1.82, 2.24) is 0 Å². The Bertz CT molecular complexity index is 3770. The van der Waals surface area contributed by atoms with Crippen molar-refractivity contribution in [2.75, 3.05) is 0 Å². The van der Waals surface area contributed by atoms with Gasteiger partial charge in [0.05, 0.1) is 0 Å². The van der Waals surface area contributed by atoms with E-state index in [2.05, 4.69) is 200 Å². The van der Waals surface area contributed by atoms with Crippen LogP contribution in [-0.4, -0.2) is 0 Å². The number of fused-ring (bicyclic) bond motifs is 10. The number of hydrogen-bond donors (Lipinski definition) is 0. The van der Waals surface area contributed by atoms with Crippen LogP contribution < -0.4 is 0 Å². The third-order valence-corrected chi connectivity index (χ3v) is 12.7. The molecule has 0 bridgehead atoms. The van der Waals surface area contributed by atoms with Gasteiger partial charge >= 0.3 is 0 Å². The van der Waals surface area contributed by atoms with Crippen molar-refractivity contribution < 1.29 is 8.83 Å². The molecule has 0 saturated heterocycles.